The molecule has 2 aromatic carbocycles. The van der Waals surface area contributed by atoms with Gasteiger partial charge in [-0.15, -0.1) is 0 Å². The Bertz CT molecular complexity index is 968. The number of nitro benzene ring substituents is 1. The molecule has 2 rings (SSSR count). The van der Waals surface area contributed by atoms with E-state index in [0.717, 1.165) is 17.5 Å². The summed E-state index contributed by atoms with van der Waals surface area (Å²) in [6.07, 6.45) is 1.25. The first-order valence-electron chi connectivity index (χ1n) is 7.86. The summed E-state index contributed by atoms with van der Waals surface area (Å²) in [5.74, 6) is 0.758. The van der Waals surface area contributed by atoms with E-state index in [-0.39, 0.29) is 21.7 Å². The number of non-ortho nitro benzene ring substituents is 1. The molecule has 2 aromatic rings. The van der Waals surface area contributed by atoms with Crippen molar-refractivity contribution in [3.8, 4) is 11.5 Å². The summed E-state index contributed by atoms with van der Waals surface area (Å²) in [5, 5.41) is 12.0. The van der Waals surface area contributed by atoms with Gasteiger partial charge in [0.2, 0.25) is 0 Å². The van der Waals surface area contributed by atoms with Crippen LogP contribution in [0.1, 0.15) is 19.4 Å². The summed E-state index contributed by atoms with van der Waals surface area (Å²) < 4.78 is 35.7. The second-order valence-electron chi connectivity index (χ2n) is 5.80. The van der Waals surface area contributed by atoms with Gasteiger partial charge in [-0.3, -0.25) is 10.1 Å². The quantitative estimate of drug-likeness (QED) is 0.492. The lowest BCUT2D eigenvalue weighted by molar-refractivity contribution is -0.384. The van der Waals surface area contributed by atoms with Crippen molar-refractivity contribution in [2.45, 2.75) is 24.8 Å². The summed E-state index contributed by atoms with van der Waals surface area (Å²) in [5.41, 5.74) is 0.314. The van der Waals surface area contributed by atoms with Crippen molar-refractivity contribution in [3.63, 3.8) is 0 Å². The van der Waals surface area contributed by atoms with Crippen LogP contribution in [0.4, 0.5) is 5.69 Å². The van der Waals surface area contributed by atoms with Crippen LogP contribution in [0.15, 0.2) is 46.7 Å². The van der Waals surface area contributed by atoms with Gasteiger partial charge in [-0.25, -0.2) is 8.42 Å². The third-order valence-electron chi connectivity index (χ3n) is 3.42. The third-order valence-corrected chi connectivity index (χ3v) is 5.13. The van der Waals surface area contributed by atoms with Gasteiger partial charge < -0.3 is 9.47 Å². The molecule has 0 atom stereocenters. The SMILES string of the molecule is COc1cc(/C=C/S(=O)(=O)c2ccc([N+](=O)[O-])cc2)cc(Cl)c1OC(C)C. The van der Waals surface area contributed by atoms with Gasteiger partial charge in [0.15, 0.2) is 21.3 Å². The molecule has 0 aliphatic rings. The third kappa shape index (κ3) is 5.21. The molecule has 27 heavy (non-hydrogen) atoms. The number of benzene rings is 2. The Balaban J connectivity index is 2.33. The van der Waals surface area contributed by atoms with Crippen molar-refractivity contribution >= 4 is 33.2 Å². The molecular weight excluding hydrogens is 394 g/mol. The number of rotatable bonds is 7. The van der Waals surface area contributed by atoms with Crippen molar-refractivity contribution in [1.29, 1.82) is 0 Å². The van der Waals surface area contributed by atoms with Crippen LogP contribution in [0.25, 0.3) is 6.08 Å². The zero-order valence-corrected chi connectivity index (χ0v) is 16.5. The molecule has 0 saturated carbocycles. The first-order valence-corrected chi connectivity index (χ1v) is 9.78. The summed E-state index contributed by atoms with van der Waals surface area (Å²) in [7, 11) is -2.32. The van der Waals surface area contributed by atoms with E-state index >= 15 is 0 Å². The predicted molar refractivity (Wildman–Crippen MR) is 103 cm³/mol. The van der Waals surface area contributed by atoms with Gasteiger partial charge in [0.25, 0.3) is 5.69 Å². The van der Waals surface area contributed by atoms with Crippen LogP contribution in [0.2, 0.25) is 5.02 Å². The maximum Gasteiger partial charge on any atom is 0.269 e. The molecule has 0 bridgehead atoms. The van der Waals surface area contributed by atoms with E-state index in [1.165, 1.54) is 25.3 Å². The largest absolute Gasteiger partial charge is 0.493 e. The fraction of sp³-hybridized carbons (Fsp3) is 0.222. The lowest BCUT2D eigenvalue weighted by Crippen LogP contribution is -2.07. The van der Waals surface area contributed by atoms with E-state index < -0.39 is 14.8 Å². The highest BCUT2D eigenvalue weighted by atomic mass is 35.5. The minimum Gasteiger partial charge on any atom is -0.493 e. The van der Waals surface area contributed by atoms with E-state index in [1.54, 1.807) is 12.1 Å². The van der Waals surface area contributed by atoms with Gasteiger partial charge in [-0.2, -0.15) is 0 Å². The highest BCUT2D eigenvalue weighted by Gasteiger charge is 2.15. The van der Waals surface area contributed by atoms with Gasteiger partial charge in [0, 0.05) is 17.5 Å². The van der Waals surface area contributed by atoms with Crippen molar-refractivity contribution < 1.29 is 22.8 Å². The Kier molecular flexibility index (Phi) is 6.45. The monoisotopic (exact) mass is 411 g/mol. The Hall–Kier alpha value is -2.58. The van der Waals surface area contributed by atoms with E-state index in [9.17, 15) is 18.5 Å². The lowest BCUT2D eigenvalue weighted by Gasteiger charge is -2.15. The van der Waals surface area contributed by atoms with Crippen LogP contribution in [-0.2, 0) is 9.84 Å². The average molecular weight is 412 g/mol. The molecule has 7 nitrogen and oxygen atoms in total. The average Bonchev–Trinajstić information content (AvgIpc) is 2.61. The van der Waals surface area contributed by atoms with Crippen LogP contribution in [0.3, 0.4) is 0 Å². The molecule has 0 aliphatic carbocycles. The molecule has 0 heterocycles. The predicted octanol–water partition coefficient (Wildman–Crippen LogP) is 4.49. The van der Waals surface area contributed by atoms with Crippen molar-refractivity contribution in [2.24, 2.45) is 0 Å². The molecule has 144 valence electrons. The molecule has 0 aromatic heterocycles. The molecule has 9 heteroatoms. The zero-order chi connectivity index (χ0) is 20.2. The molecule has 0 aliphatic heterocycles. The highest BCUT2D eigenvalue weighted by molar-refractivity contribution is 7.94. The van der Waals surface area contributed by atoms with Gasteiger partial charge in [0.1, 0.15) is 0 Å². The fourth-order valence-electron chi connectivity index (χ4n) is 2.19. The summed E-state index contributed by atoms with van der Waals surface area (Å²) in [6.45, 7) is 3.70. The van der Waals surface area contributed by atoms with Crippen LogP contribution in [-0.4, -0.2) is 26.6 Å². The Morgan fingerprint density at radius 3 is 2.33 bits per heavy atom. The fourth-order valence-corrected chi connectivity index (χ4v) is 3.46. The van der Waals surface area contributed by atoms with Crippen molar-refractivity contribution in [1.82, 2.24) is 0 Å². The van der Waals surface area contributed by atoms with Crippen molar-refractivity contribution in [3.05, 3.63) is 62.5 Å². The smallest absolute Gasteiger partial charge is 0.269 e. The molecule has 0 N–H and O–H groups in total. The first-order chi connectivity index (χ1) is 12.6. The van der Waals surface area contributed by atoms with E-state index in [1.807, 2.05) is 13.8 Å². The first kappa shape index (κ1) is 20.7. The lowest BCUT2D eigenvalue weighted by atomic mass is 10.2. The maximum absolute atomic E-state index is 12.4. The molecule has 0 spiro atoms. The Morgan fingerprint density at radius 1 is 1.19 bits per heavy atom. The van der Waals surface area contributed by atoms with Gasteiger partial charge >= 0.3 is 0 Å². The maximum atomic E-state index is 12.4. The Morgan fingerprint density at radius 2 is 1.81 bits per heavy atom. The minimum absolute atomic E-state index is 0.0535. The Labute approximate surface area is 162 Å². The molecule has 0 amide bonds. The summed E-state index contributed by atoms with van der Waals surface area (Å²) >= 11 is 6.22. The number of nitro groups is 1. The van der Waals surface area contributed by atoms with E-state index in [0.29, 0.717) is 17.1 Å². The summed E-state index contributed by atoms with van der Waals surface area (Å²) in [4.78, 5) is 10.0. The van der Waals surface area contributed by atoms with Crippen LogP contribution >= 0.6 is 11.6 Å². The number of hydrogen-bond donors (Lipinski definition) is 0. The van der Waals surface area contributed by atoms with Crippen LogP contribution in [0, 0.1) is 10.1 Å². The number of sulfone groups is 1. The number of ether oxygens (including phenoxy) is 2. The van der Waals surface area contributed by atoms with Gasteiger partial charge in [-0.05, 0) is 49.8 Å². The normalized spacial score (nSPS) is 11.7. The van der Waals surface area contributed by atoms with Crippen LogP contribution in [0.5, 0.6) is 11.5 Å². The molecule has 0 radical (unpaired) electrons. The minimum atomic E-state index is -3.78. The van der Waals surface area contributed by atoms with E-state index in [4.69, 9.17) is 21.1 Å². The topological polar surface area (TPSA) is 95.7 Å². The van der Waals surface area contributed by atoms with Crippen LogP contribution < -0.4 is 9.47 Å². The standard InChI is InChI=1S/C18H18ClNO6S/c1-12(2)26-18-16(19)10-13(11-17(18)25-3)8-9-27(23,24)15-6-4-14(5-7-15)20(21)22/h4-12H,1-3H3/b9-8+. The highest BCUT2D eigenvalue weighted by Crippen LogP contribution is 2.37. The summed E-state index contributed by atoms with van der Waals surface area (Å²) in [6, 6.07) is 7.81. The molecule has 0 saturated heterocycles. The second-order valence-corrected chi connectivity index (χ2v) is 8.04. The molecule has 0 fully saturated rings. The zero-order valence-electron chi connectivity index (χ0n) is 14.9. The number of hydrogen-bond acceptors (Lipinski definition) is 6. The number of nitrogens with zero attached hydrogens (tertiary/aromatic N) is 1. The number of halogens is 1. The number of methoxy groups -OCH3 is 1. The van der Waals surface area contributed by atoms with E-state index in [2.05, 4.69) is 0 Å². The second kappa shape index (κ2) is 8.41. The van der Waals surface area contributed by atoms with Gasteiger partial charge in [0.05, 0.1) is 28.1 Å². The van der Waals surface area contributed by atoms with Gasteiger partial charge in [-0.1, -0.05) is 11.6 Å². The van der Waals surface area contributed by atoms with Crippen molar-refractivity contribution in [2.75, 3.05) is 7.11 Å². The molecular formula is C18H18ClNO6S. The molecule has 0 unspecified atom stereocenters.